The van der Waals surface area contributed by atoms with Crippen molar-refractivity contribution in [1.29, 1.82) is 0 Å². The van der Waals surface area contributed by atoms with Crippen molar-refractivity contribution in [3.63, 3.8) is 0 Å². The minimum Gasteiger partial charge on any atom is -0.497 e. The molecule has 5 nitrogen and oxygen atoms in total. The third kappa shape index (κ3) is 3.23. The maximum absolute atomic E-state index is 13.2. The smallest absolute Gasteiger partial charge is 0.237 e. The van der Waals surface area contributed by atoms with Crippen LogP contribution in [0.2, 0.25) is 0 Å². The lowest BCUT2D eigenvalue weighted by Crippen LogP contribution is -2.38. The molecule has 1 amide bonds. The number of nitrogens with zero attached hydrogens (tertiary/aromatic N) is 2. The van der Waals surface area contributed by atoms with Crippen molar-refractivity contribution in [3.05, 3.63) is 46.8 Å². The molecule has 0 unspecified atom stereocenters. The van der Waals surface area contributed by atoms with Gasteiger partial charge in [-0.15, -0.1) is 0 Å². The summed E-state index contributed by atoms with van der Waals surface area (Å²) in [6, 6.07) is 7.82. The molecule has 1 aromatic heterocycles. The van der Waals surface area contributed by atoms with Crippen LogP contribution in [0.1, 0.15) is 48.2 Å². The van der Waals surface area contributed by atoms with E-state index in [1.807, 2.05) is 45.0 Å². The van der Waals surface area contributed by atoms with Crippen molar-refractivity contribution in [2.75, 3.05) is 12.4 Å². The van der Waals surface area contributed by atoms with E-state index in [9.17, 15) is 4.79 Å². The number of ether oxygens (including phenoxy) is 1. The normalized spacial score (nSPS) is 15.8. The summed E-state index contributed by atoms with van der Waals surface area (Å²) in [6.45, 7) is 5.87. The number of methoxy groups -OCH3 is 1. The molecule has 1 N–H and O–H groups in total. The van der Waals surface area contributed by atoms with Gasteiger partial charge >= 0.3 is 0 Å². The van der Waals surface area contributed by atoms with Crippen LogP contribution in [-0.2, 0) is 10.2 Å². The molecule has 5 heteroatoms. The maximum Gasteiger partial charge on any atom is 0.237 e. The van der Waals surface area contributed by atoms with E-state index < -0.39 is 5.41 Å². The number of carbonyl (C=O) groups is 1. The van der Waals surface area contributed by atoms with Crippen LogP contribution < -0.4 is 10.1 Å². The fourth-order valence-corrected chi connectivity index (χ4v) is 3.58. The minimum absolute atomic E-state index is 0.0159. The van der Waals surface area contributed by atoms with Crippen molar-refractivity contribution in [1.82, 2.24) is 9.97 Å². The van der Waals surface area contributed by atoms with Crippen LogP contribution in [-0.4, -0.2) is 23.0 Å². The summed E-state index contributed by atoms with van der Waals surface area (Å²) >= 11 is 0. The van der Waals surface area contributed by atoms with Crippen LogP contribution in [0.25, 0.3) is 0 Å². The summed E-state index contributed by atoms with van der Waals surface area (Å²) < 4.78 is 5.24. The summed E-state index contributed by atoms with van der Waals surface area (Å²) in [6.07, 6.45) is 3.78. The molecule has 0 aliphatic heterocycles. The SMILES string of the molecule is COc1ccc(C2(C(=O)Nc3nc(C)c(C)c(C)n3)CCCC2)cc1. The molecule has 1 heterocycles. The average molecular weight is 339 g/mol. The second kappa shape index (κ2) is 6.82. The van der Waals surface area contributed by atoms with Crippen molar-refractivity contribution in [2.24, 2.45) is 0 Å². The van der Waals surface area contributed by atoms with Crippen LogP contribution in [0, 0.1) is 20.8 Å². The Hall–Kier alpha value is -2.43. The highest BCUT2D eigenvalue weighted by Crippen LogP contribution is 2.42. The van der Waals surface area contributed by atoms with Crippen LogP contribution in [0.15, 0.2) is 24.3 Å². The minimum atomic E-state index is -0.512. The topological polar surface area (TPSA) is 64.1 Å². The lowest BCUT2D eigenvalue weighted by atomic mass is 9.78. The van der Waals surface area contributed by atoms with Gasteiger partial charge in [-0.25, -0.2) is 9.97 Å². The predicted molar refractivity (Wildman–Crippen MR) is 98.0 cm³/mol. The summed E-state index contributed by atoms with van der Waals surface area (Å²) in [4.78, 5) is 22.0. The molecule has 132 valence electrons. The van der Waals surface area contributed by atoms with Gasteiger partial charge in [0.25, 0.3) is 0 Å². The summed E-state index contributed by atoms with van der Waals surface area (Å²) in [5.41, 5.74) is 3.37. The molecule has 0 radical (unpaired) electrons. The number of rotatable bonds is 4. The molecule has 1 aliphatic rings. The van der Waals surface area contributed by atoms with E-state index in [2.05, 4.69) is 15.3 Å². The molecule has 1 saturated carbocycles. The number of carbonyl (C=O) groups excluding carboxylic acids is 1. The molecule has 1 fully saturated rings. The molecule has 0 spiro atoms. The zero-order chi connectivity index (χ0) is 18.0. The second-order valence-corrected chi connectivity index (χ2v) is 6.81. The lowest BCUT2D eigenvalue weighted by Gasteiger charge is -2.28. The fraction of sp³-hybridized carbons (Fsp3) is 0.450. The predicted octanol–water partition coefficient (Wildman–Crippen LogP) is 3.86. The Morgan fingerprint density at radius 3 is 2.12 bits per heavy atom. The van der Waals surface area contributed by atoms with Gasteiger partial charge in [-0.2, -0.15) is 0 Å². The maximum atomic E-state index is 13.2. The first-order chi connectivity index (χ1) is 12.0. The summed E-state index contributed by atoms with van der Waals surface area (Å²) in [5, 5.41) is 2.97. The quantitative estimate of drug-likeness (QED) is 0.918. The number of nitrogens with one attached hydrogen (secondary N) is 1. The van der Waals surface area contributed by atoms with Crippen molar-refractivity contribution < 1.29 is 9.53 Å². The number of aryl methyl sites for hydroxylation is 2. The molecule has 0 atom stereocenters. The third-order valence-corrected chi connectivity index (χ3v) is 5.39. The Morgan fingerprint density at radius 1 is 1.04 bits per heavy atom. The number of hydrogen-bond donors (Lipinski definition) is 1. The molecule has 1 aliphatic carbocycles. The molecule has 0 saturated heterocycles. The van der Waals surface area contributed by atoms with Gasteiger partial charge in [0.15, 0.2) is 0 Å². The Balaban J connectivity index is 1.91. The number of benzene rings is 1. The van der Waals surface area contributed by atoms with Gasteiger partial charge in [0.2, 0.25) is 11.9 Å². The van der Waals surface area contributed by atoms with Gasteiger partial charge in [-0.3, -0.25) is 10.1 Å². The highest BCUT2D eigenvalue weighted by Gasteiger charge is 2.43. The first kappa shape index (κ1) is 17.4. The Labute approximate surface area is 148 Å². The average Bonchev–Trinajstić information content (AvgIpc) is 3.11. The van der Waals surface area contributed by atoms with Crippen LogP contribution in [0.4, 0.5) is 5.95 Å². The van der Waals surface area contributed by atoms with Crippen LogP contribution in [0.3, 0.4) is 0 Å². The largest absolute Gasteiger partial charge is 0.497 e. The summed E-state index contributed by atoms with van der Waals surface area (Å²) in [5.74, 6) is 1.17. The van der Waals surface area contributed by atoms with Crippen molar-refractivity contribution in [3.8, 4) is 5.75 Å². The van der Waals surface area contributed by atoms with E-state index in [1.54, 1.807) is 7.11 Å². The molecule has 1 aromatic carbocycles. The van der Waals surface area contributed by atoms with Crippen molar-refractivity contribution in [2.45, 2.75) is 51.9 Å². The first-order valence-corrected chi connectivity index (χ1v) is 8.74. The molecule has 25 heavy (non-hydrogen) atoms. The molecule has 3 rings (SSSR count). The number of anilines is 1. The second-order valence-electron chi connectivity index (χ2n) is 6.81. The third-order valence-electron chi connectivity index (χ3n) is 5.39. The fourth-order valence-electron chi connectivity index (χ4n) is 3.58. The van der Waals surface area contributed by atoms with E-state index in [1.165, 1.54) is 0 Å². The lowest BCUT2D eigenvalue weighted by molar-refractivity contribution is -0.121. The molecular formula is C20H25N3O2. The van der Waals surface area contributed by atoms with Crippen LogP contribution in [0.5, 0.6) is 5.75 Å². The van der Waals surface area contributed by atoms with Gasteiger partial charge in [0.05, 0.1) is 12.5 Å². The Bertz CT molecular complexity index is 755. The number of hydrogen-bond acceptors (Lipinski definition) is 4. The van der Waals surface area contributed by atoms with E-state index >= 15 is 0 Å². The van der Waals surface area contributed by atoms with Gasteiger partial charge in [0, 0.05) is 11.4 Å². The van der Waals surface area contributed by atoms with E-state index in [4.69, 9.17) is 4.74 Å². The van der Waals surface area contributed by atoms with Gasteiger partial charge < -0.3 is 4.74 Å². The zero-order valence-corrected chi connectivity index (χ0v) is 15.3. The zero-order valence-electron chi connectivity index (χ0n) is 15.3. The number of amides is 1. The summed E-state index contributed by atoms with van der Waals surface area (Å²) in [7, 11) is 1.65. The number of aromatic nitrogens is 2. The molecule has 2 aromatic rings. The van der Waals surface area contributed by atoms with E-state index in [0.717, 1.165) is 53.9 Å². The standard InChI is InChI=1S/C20H25N3O2/c1-13-14(2)21-19(22-15(13)3)23-18(24)20(11-5-6-12-20)16-7-9-17(25-4)10-8-16/h7-10H,5-6,11-12H2,1-4H3,(H,21,22,23,24). The van der Waals surface area contributed by atoms with Crippen LogP contribution >= 0.6 is 0 Å². The van der Waals surface area contributed by atoms with Crippen molar-refractivity contribution >= 4 is 11.9 Å². The molecule has 0 bridgehead atoms. The van der Waals surface area contributed by atoms with Gasteiger partial charge in [-0.1, -0.05) is 25.0 Å². The highest BCUT2D eigenvalue weighted by molar-refractivity contribution is 5.98. The van der Waals surface area contributed by atoms with E-state index in [-0.39, 0.29) is 5.91 Å². The monoisotopic (exact) mass is 339 g/mol. The van der Waals surface area contributed by atoms with Gasteiger partial charge in [0.1, 0.15) is 5.75 Å². The Kier molecular flexibility index (Phi) is 4.75. The van der Waals surface area contributed by atoms with E-state index in [0.29, 0.717) is 5.95 Å². The highest BCUT2D eigenvalue weighted by atomic mass is 16.5. The molecular weight excluding hydrogens is 314 g/mol. The van der Waals surface area contributed by atoms with Gasteiger partial charge in [-0.05, 0) is 56.9 Å². The Morgan fingerprint density at radius 2 is 1.60 bits per heavy atom. The first-order valence-electron chi connectivity index (χ1n) is 8.74.